The summed E-state index contributed by atoms with van der Waals surface area (Å²) in [6, 6.07) is 20.9. The van der Waals surface area contributed by atoms with Crippen LogP contribution < -0.4 is 5.32 Å². The Morgan fingerprint density at radius 3 is 2.05 bits per heavy atom. The number of nitrogens with one attached hydrogen (secondary N) is 1. The van der Waals surface area contributed by atoms with Crippen LogP contribution in [0.25, 0.3) is 0 Å². The summed E-state index contributed by atoms with van der Waals surface area (Å²) in [5, 5.41) is 7.18. The summed E-state index contributed by atoms with van der Waals surface area (Å²) in [6.07, 6.45) is 0. The van der Waals surface area contributed by atoms with Crippen molar-refractivity contribution < 1.29 is 4.52 Å². The number of benzene rings is 2. The van der Waals surface area contributed by atoms with Crippen LogP contribution in [0.2, 0.25) is 0 Å². The number of aromatic nitrogens is 2. The van der Waals surface area contributed by atoms with Gasteiger partial charge in [-0.15, -0.1) is 0 Å². The molecule has 0 aliphatic heterocycles. The molecule has 21 heavy (non-hydrogen) atoms. The van der Waals surface area contributed by atoms with Crippen LogP contribution in [0.3, 0.4) is 0 Å². The van der Waals surface area contributed by atoms with E-state index in [1.54, 1.807) is 0 Å². The molecule has 3 aromatic rings. The largest absolute Gasteiger partial charge is 0.338 e. The summed E-state index contributed by atoms with van der Waals surface area (Å²) < 4.78 is 5.26. The number of rotatable bonds is 5. The Morgan fingerprint density at radius 2 is 1.52 bits per heavy atom. The molecule has 1 N–H and O–H groups in total. The molecule has 106 valence electrons. The fraction of sp³-hybridized carbons (Fsp3) is 0.176. The third-order valence-corrected chi connectivity index (χ3v) is 3.29. The summed E-state index contributed by atoms with van der Waals surface area (Å²) in [5.74, 6) is 0.645. The van der Waals surface area contributed by atoms with Crippen molar-refractivity contribution in [1.29, 1.82) is 0 Å². The highest BCUT2D eigenvalue weighted by atomic mass is 16.5. The van der Waals surface area contributed by atoms with E-state index in [1.807, 2.05) is 43.3 Å². The lowest BCUT2D eigenvalue weighted by atomic mass is 9.91. The average Bonchev–Trinajstić information content (AvgIpc) is 2.98. The molecule has 0 unspecified atom stereocenters. The Balaban J connectivity index is 2.03. The van der Waals surface area contributed by atoms with Gasteiger partial charge in [-0.2, -0.15) is 4.98 Å². The molecule has 3 rings (SSSR count). The normalized spacial score (nSPS) is 10.8. The summed E-state index contributed by atoms with van der Waals surface area (Å²) in [7, 11) is 0. The van der Waals surface area contributed by atoms with Gasteiger partial charge in [0.15, 0.2) is 5.82 Å². The highest BCUT2D eigenvalue weighted by Gasteiger charge is 2.22. The van der Waals surface area contributed by atoms with Gasteiger partial charge < -0.3 is 9.84 Å². The maximum absolute atomic E-state index is 5.26. The highest BCUT2D eigenvalue weighted by Crippen LogP contribution is 2.30. The van der Waals surface area contributed by atoms with Crippen LogP contribution >= 0.6 is 0 Å². The van der Waals surface area contributed by atoms with Gasteiger partial charge >= 0.3 is 6.01 Å². The second kappa shape index (κ2) is 6.22. The van der Waals surface area contributed by atoms with Crippen LogP contribution in [0.15, 0.2) is 65.2 Å². The third kappa shape index (κ3) is 2.94. The molecule has 0 fully saturated rings. The number of hydrogen-bond acceptors (Lipinski definition) is 4. The minimum Gasteiger partial charge on any atom is -0.338 e. The third-order valence-electron chi connectivity index (χ3n) is 3.29. The Bertz CT molecular complexity index is 640. The fourth-order valence-electron chi connectivity index (χ4n) is 2.36. The molecule has 2 aromatic carbocycles. The molecule has 1 heterocycles. The van der Waals surface area contributed by atoms with Crippen molar-refractivity contribution >= 4 is 6.01 Å². The predicted octanol–water partition coefficient (Wildman–Crippen LogP) is 3.68. The zero-order valence-corrected chi connectivity index (χ0v) is 11.9. The molecule has 1 aromatic heterocycles. The Hall–Kier alpha value is -2.62. The molecule has 0 atom stereocenters. The number of hydrogen-bond donors (Lipinski definition) is 1. The van der Waals surface area contributed by atoms with Crippen LogP contribution in [-0.4, -0.2) is 16.7 Å². The smallest absolute Gasteiger partial charge is 0.321 e. The first-order chi connectivity index (χ1) is 10.4. The highest BCUT2D eigenvalue weighted by molar-refractivity contribution is 5.38. The lowest BCUT2D eigenvalue weighted by Gasteiger charge is -2.13. The van der Waals surface area contributed by atoms with E-state index in [-0.39, 0.29) is 5.92 Å². The molecule has 4 heteroatoms. The average molecular weight is 279 g/mol. The van der Waals surface area contributed by atoms with Crippen molar-refractivity contribution in [2.45, 2.75) is 12.8 Å². The molecule has 0 amide bonds. The van der Waals surface area contributed by atoms with E-state index >= 15 is 0 Å². The van der Waals surface area contributed by atoms with Crippen molar-refractivity contribution in [2.24, 2.45) is 0 Å². The molecule has 0 saturated carbocycles. The number of anilines is 1. The first-order valence-corrected chi connectivity index (χ1v) is 7.06. The van der Waals surface area contributed by atoms with Crippen molar-refractivity contribution in [3.05, 3.63) is 77.6 Å². The maximum Gasteiger partial charge on any atom is 0.321 e. The Morgan fingerprint density at radius 1 is 0.952 bits per heavy atom. The topological polar surface area (TPSA) is 51.0 Å². The SMILES string of the molecule is CCNc1nc(C(c2ccccc2)c2ccccc2)no1. The molecule has 0 aliphatic carbocycles. The standard InChI is InChI=1S/C17H17N3O/c1-2-18-17-19-16(20-21-17)15(13-9-5-3-6-10-13)14-11-7-4-8-12-14/h3-12,15H,2H2,1H3,(H,18,19,20). The molecule has 0 spiro atoms. The van der Waals surface area contributed by atoms with E-state index in [1.165, 1.54) is 0 Å². The molecular weight excluding hydrogens is 262 g/mol. The second-order valence-electron chi connectivity index (χ2n) is 4.74. The van der Waals surface area contributed by atoms with Crippen LogP contribution in [0.1, 0.15) is 29.8 Å². The molecule has 0 bridgehead atoms. The molecule has 0 saturated heterocycles. The summed E-state index contributed by atoms with van der Waals surface area (Å²) >= 11 is 0. The maximum atomic E-state index is 5.26. The van der Waals surface area contributed by atoms with E-state index in [4.69, 9.17) is 4.52 Å². The molecular formula is C17H17N3O. The fourth-order valence-corrected chi connectivity index (χ4v) is 2.36. The van der Waals surface area contributed by atoms with Gasteiger partial charge in [0.25, 0.3) is 0 Å². The van der Waals surface area contributed by atoms with Crippen LogP contribution in [0.4, 0.5) is 6.01 Å². The van der Waals surface area contributed by atoms with Crippen molar-refractivity contribution in [3.8, 4) is 0 Å². The first kappa shape index (κ1) is 13.4. The van der Waals surface area contributed by atoms with E-state index in [0.29, 0.717) is 11.8 Å². The monoisotopic (exact) mass is 279 g/mol. The zero-order chi connectivity index (χ0) is 14.5. The Labute approximate surface area is 123 Å². The van der Waals surface area contributed by atoms with Gasteiger partial charge in [0.2, 0.25) is 0 Å². The van der Waals surface area contributed by atoms with Crippen molar-refractivity contribution in [2.75, 3.05) is 11.9 Å². The van der Waals surface area contributed by atoms with Gasteiger partial charge in [0.1, 0.15) is 0 Å². The Kier molecular flexibility index (Phi) is 3.96. The lowest BCUT2D eigenvalue weighted by Crippen LogP contribution is -2.05. The molecule has 0 aliphatic rings. The van der Waals surface area contributed by atoms with Gasteiger partial charge in [-0.25, -0.2) is 0 Å². The minimum atomic E-state index is -0.0245. The summed E-state index contributed by atoms with van der Waals surface area (Å²) in [6.45, 7) is 2.75. The molecule has 0 radical (unpaired) electrons. The summed E-state index contributed by atoms with van der Waals surface area (Å²) in [5.41, 5.74) is 2.29. The van der Waals surface area contributed by atoms with E-state index in [9.17, 15) is 0 Å². The van der Waals surface area contributed by atoms with Crippen molar-refractivity contribution in [1.82, 2.24) is 10.1 Å². The van der Waals surface area contributed by atoms with Crippen LogP contribution in [-0.2, 0) is 0 Å². The van der Waals surface area contributed by atoms with Gasteiger partial charge in [-0.05, 0) is 18.1 Å². The predicted molar refractivity (Wildman–Crippen MR) is 82.3 cm³/mol. The first-order valence-electron chi connectivity index (χ1n) is 7.06. The van der Waals surface area contributed by atoms with E-state index in [0.717, 1.165) is 17.7 Å². The minimum absolute atomic E-state index is 0.0245. The van der Waals surface area contributed by atoms with E-state index in [2.05, 4.69) is 39.7 Å². The van der Waals surface area contributed by atoms with Crippen molar-refractivity contribution in [3.63, 3.8) is 0 Å². The van der Waals surface area contributed by atoms with E-state index < -0.39 is 0 Å². The van der Waals surface area contributed by atoms with Gasteiger partial charge in [0.05, 0.1) is 5.92 Å². The van der Waals surface area contributed by atoms with Gasteiger partial charge in [0, 0.05) is 6.54 Å². The lowest BCUT2D eigenvalue weighted by molar-refractivity contribution is 0.422. The number of nitrogens with zero attached hydrogens (tertiary/aromatic N) is 2. The van der Waals surface area contributed by atoms with Crippen LogP contribution in [0, 0.1) is 0 Å². The second-order valence-corrected chi connectivity index (χ2v) is 4.74. The summed E-state index contributed by atoms with van der Waals surface area (Å²) in [4.78, 5) is 4.46. The zero-order valence-electron chi connectivity index (χ0n) is 11.9. The molecule has 4 nitrogen and oxygen atoms in total. The quantitative estimate of drug-likeness (QED) is 0.774. The van der Waals surface area contributed by atoms with Gasteiger partial charge in [-0.3, -0.25) is 0 Å². The van der Waals surface area contributed by atoms with Gasteiger partial charge in [-0.1, -0.05) is 65.8 Å². The van der Waals surface area contributed by atoms with Crippen LogP contribution in [0.5, 0.6) is 0 Å².